The quantitative estimate of drug-likeness (QED) is 0.709. The number of rotatable bonds is 5. The molecule has 0 fully saturated rings. The van der Waals surface area contributed by atoms with Gasteiger partial charge in [0.05, 0.1) is 12.0 Å². The zero-order valence-corrected chi connectivity index (χ0v) is 9.18. The van der Waals surface area contributed by atoms with Crippen molar-refractivity contribution in [1.82, 2.24) is 0 Å². The zero-order valence-electron chi connectivity index (χ0n) is 9.18. The predicted octanol–water partition coefficient (Wildman–Crippen LogP) is 1.55. The van der Waals surface area contributed by atoms with E-state index < -0.39 is 11.6 Å². The van der Waals surface area contributed by atoms with Crippen LogP contribution in [0.15, 0.2) is 24.3 Å². The molecular formula is C12H16O4. The summed E-state index contributed by atoms with van der Waals surface area (Å²) in [5, 5.41) is 27.4. The van der Waals surface area contributed by atoms with E-state index in [2.05, 4.69) is 0 Å². The Kier molecular flexibility index (Phi) is 3.90. The van der Waals surface area contributed by atoms with E-state index in [9.17, 15) is 9.90 Å². The Morgan fingerprint density at radius 1 is 1.31 bits per heavy atom. The summed E-state index contributed by atoms with van der Waals surface area (Å²) in [4.78, 5) is 10.5. The molecule has 0 heterocycles. The minimum absolute atomic E-state index is 0.195. The van der Waals surface area contributed by atoms with E-state index in [1.165, 1.54) is 6.92 Å². The van der Waals surface area contributed by atoms with Crippen LogP contribution in [0.2, 0.25) is 0 Å². The SMILES string of the molecule is CC(O)(CCc1ccc(O)cc1)CC(=O)O. The molecule has 4 heteroatoms. The summed E-state index contributed by atoms with van der Waals surface area (Å²) < 4.78 is 0. The van der Waals surface area contributed by atoms with Crippen molar-refractivity contribution in [2.24, 2.45) is 0 Å². The third kappa shape index (κ3) is 4.31. The van der Waals surface area contributed by atoms with Gasteiger partial charge < -0.3 is 15.3 Å². The highest BCUT2D eigenvalue weighted by molar-refractivity contribution is 5.68. The first kappa shape index (κ1) is 12.5. The maximum Gasteiger partial charge on any atom is 0.306 e. The molecular weight excluding hydrogens is 208 g/mol. The molecule has 1 aromatic rings. The van der Waals surface area contributed by atoms with E-state index in [1.54, 1.807) is 24.3 Å². The van der Waals surface area contributed by atoms with Crippen molar-refractivity contribution in [2.45, 2.75) is 31.8 Å². The van der Waals surface area contributed by atoms with Crippen molar-refractivity contribution in [2.75, 3.05) is 0 Å². The van der Waals surface area contributed by atoms with Crippen LogP contribution in [0.4, 0.5) is 0 Å². The van der Waals surface area contributed by atoms with E-state index in [4.69, 9.17) is 10.2 Å². The molecule has 1 rings (SSSR count). The van der Waals surface area contributed by atoms with Crippen LogP contribution in [0, 0.1) is 0 Å². The molecule has 16 heavy (non-hydrogen) atoms. The highest BCUT2D eigenvalue weighted by atomic mass is 16.4. The molecule has 0 radical (unpaired) electrons. The van der Waals surface area contributed by atoms with Crippen molar-refractivity contribution in [3.05, 3.63) is 29.8 Å². The lowest BCUT2D eigenvalue weighted by atomic mass is 9.94. The number of benzene rings is 1. The Morgan fingerprint density at radius 3 is 2.38 bits per heavy atom. The number of phenols is 1. The largest absolute Gasteiger partial charge is 0.508 e. The third-order valence-corrected chi connectivity index (χ3v) is 2.42. The van der Waals surface area contributed by atoms with E-state index in [0.29, 0.717) is 12.8 Å². The van der Waals surface area contributed by atoms with Crippen molar-refractivity contribution < 1.29 is 20.1 Å². The molecule has 1 aromatic carbocycles. The van der Waals surface area contributed by atoms with E-state index >= 15 is 0 Å². The predicted molar refractivity (Wildman–Crippen MR) is 59.3 cm³/mol. The summed E-state index contributed by atoms with van der Waals surface area (Å²) >= 11 is 0. The average molecular weight is 224 g/mol. The third-order valence-electron chi connectivity index (χ3n) is 2.42. The molecule has 0 bridgehead atoms. The van der Waals surface area contributed by atoms with E-state index in [1.807, 2.05) is 0 Å². The number of phenolic OH excluding ortho intramolecular Hbond substituents is 1. The summed E-state index contributed by atoms with van der Waals surface area (Å²) in [5.41, 5.74) is -0.229. The monoisotopic (exact) mass is 224 g/mol. The van der Waals surface area contributed by atoms with Gasteiger partial charge >= 0.3 is 5.97 Å². The standard InChI is InChI=1S/C12H16O4/c1-12(16,8-11(14)15)7-6-9-2-4-10(13)5-3-9/h2-5,13,16H,6-8H2,1H3,(H,14,15). The minimum atomic E-state index is -1.19. The Hall–Kier alpha value is -1.55. The molecule has 0 aliphatic heterocycles. The fourth-order valence-electron chi connectivity index (χ4n) is 1.49. The van der Waals surface area contributed by atoms with Crippen LogP contribution in [0.5, 0.6) is 5.75 Å². The van der Waals surface area contributed by atoms with Crippen LogP contribution in [0.3, 0.4) is 0 Å². The van der Waals surface area contributed by atoms with E-state index in [0.717, 1.165) is 5.56 Å². The van der Waals surface area contributed by atoms with Crippen molar-refractivity contribution in [3.63, 3.8) is 0 Å². The molecule has 0 aliphatic rings. The van der Waals surface area contributed by atoms with Gasteiger partial charge in [-0.2, -0.15) is 0 Å². The topological polar surface area (TPSA) is 77.8 Å². The van der Waals surface area contributed by atoms with Crippen LogP contribution in [0.25, 0.3) is 0 Å². The second kappa shape index (κ2) is 4.99. The molecule has 0 saturated heterocycles. The fourth-order valence-corrected chi connectivity index (χ4v) is 1.49. The molecule has 1 unspecified atom stereocenters. The number of carbonyl (C=O) groups is 1. The van der Waals surface area contributed by atoms with Gasteiger partial charge in [0.25, 0.3) is 0 Å². The first-order valence-corrected chi connectivity index (χ1v) is 5.11. The molecule has 0 aromatic heterocycles. The first-order chi connectivity index (χ1) is 7.39. The Bertz CT molecular complexity index is 354. The van der Waals surface area contributed by atoms with Gasteiger partial charge in [0.1, 0.15) is 5.75 Å². The number of carboxylic acids is 1. The second-order valence-electron chi connectivity index (χ2n) is 4.23. The van der Waals surface area contributed by atoms with Crippen LogP contribution < -0.4 is 0 Å². The normalized spacial score (nSPS) is 14.4. The molecule has 3 N–H and O–H groups in total. The fraction of sp³-hybridized carbons (Fsp3) is 0.417. The van der Waals surface area contributed by atoms with Crippen LogP contribution >= 0.6 is 0 Å². The van der Waals surface area contributed by atoms with Crippen LogP contribution in [-0.2, 0) is 11.2 Å². The van der Waals surface area contributed by atoms with Gasteiger partial charge in [-0.05, 0) is 37.5 Å². The van der Waals surface area contributed by atoms with Gasteiger partial charge in [-0.25, -0.2) is 0 Å². The lowest BCUT2D eigenvalue weighted by Crippen LogP contribution is -2.28. The van der Waals surface area contributed by atoms with Crippen molar-refractivity contribution in [1.29, 1.82) is 0 Å². The molecule has 0 saturated carbocycles. The van der Waals surface area contributed by atoms with Gasteiger partial charge in [0.2, 0.25) is 0 Å². The number of aliphatic carboxylic acids is 1. The average Bonchev–Trinajstić information content (AvgIpc) is 2.15. The highest BCUT2D eigenvalue weighted by Gasteiger charge is 2.23. The number of aliphatic hydroxyl groups is 1. The molecule has 0 aliphatic carbocycles. The van der Waals surface area contributed by atoms with E-state index in [-0.39, 0.29) is 12.2 Å². The molecule has 0 spiro atoms. The minimum Gasteiger partial charge on any atom is -0.508 e. The second-order valence-corrected chi connectivity index (χ2v) is 4.23. The van der Waals surface area contributed by atoms with Crippen molar-refractivity contribution in [3.8, 4) is 5.75 Å². The Balaban J connectivity index is 2.50. The lowest BCUT2D eigenvalue weighted by molar-refractivity contribution is -0.142. The number of hydrogen-bond acceptors (Lipinski definition) is 3. The molecule has 1 atom stereocenters. The number of carboxylic acid groups (broad SMARTS) is 1. The van der Waals surface area contributed by atoms with Crippen LogP contribution in [-0.4, -0.2) is 26.9 Å². The van der Waals surface area contributed by atoms with Gasteiger partial charge in [0.15, 0.2) is 0 Å². The van der Waals surface area contributed by atoms with Gasteiger partial charge in [-0.1, -0.05) is 12.1 Å². The van der Waals surface area contributed by atoms with Gasteiger partial charge in [0, 0.05) is 0 Å². The molecule has 0 amide bonds. The Morgan fingerprint density at radius 2 is 1.88 bits per heavy atom. The first-order valence-electron chi connectivity index (χ1n) is 5.11. The number of aryl methyl sites for hydroxylation is 1. The summed E-state index contributed by atoms with van der Waals surface area (Å²) in [5.74, 6) is -0.809. The van der Waals surface area contributed by atoms with Crippen LogP contribution in [0.1, 0.15) is 25.3 Å². The van der Waals surface area contributed by atoms with Gasteiger partial charge in [-0.3, -0.25) is 4.79 Å². The molecule has 4 nitrogen and oxygen atoms in total. The summed E-state index contributed by atoms with van der Waals surface area (Å²) in [7, 11) is 0. The highest BCUT2D eigenvalue weighted by Crippen LogP contribution is 2.19. The summed E-state index contributed by atoms with van der Waals surface area (Å²) in [6.07, 6.45) is 0.704. The Labute approximate surface area is 94.2 Å². The maximum absolute atomic E-state index is 10.5. The summed E-state index contributed by atoms with van der Waals surface area (Å²) in [6.45, 7) is 1.52. The van der Waals surface area contributed by atoms with Gasteiger partial charge in [-0.15, -0.1) is 0 Å². The summed E-state index contributed by atoms with van der Waals surface area (Å²) in [6, 6.07) is 6.65. The number of aromatic hydroxyl groups is 1. The maximum atomic E-state index is 10.5. The molecule has 88 valence electrons. The smallest absolute Gasteiger partial charge is 0.306 e. The number of hydrogen-bond donors (Lipinski definition) is 3. The zero-order chi connectivity index (χ0) is 12.2. The lowest BCUT2D eigenvalue weighted by Gasteiger charge is -2.20. The van der Waals surface area contributed by atoms with Crippen molar-refractivity contribution >= 4 is 5.97 Å².